The summed E-state index contributed by atoms with van der Waals surface area (Å²) in [4.78, 5) is 23.1. The minimum absolute atomic E-state index is 0.266. The lowest BCUT2D eigenvalue weighted by Crippen LogP contribution is -2.51. The molecule has 1 aliphatic carbocycles. The maximum absolute atomic E-state index is 12.6. The van der Waals surface area contributed by atoms with E-state index in [2.05, 4.69) is 14.8 Å². The molecule has 0 spiro atoms. The van der Waals surface area contributed by atoms with Crippen LogP contribution < -0.4 is 4.90 Å². The number of amides is 1. The Morgan fingerprint density at radius 2 is 1.96 bits per heavy atom. The summed E-state index contributed by atoms with van der Waals surface area (Å²) >= 11 is 5.97. The van der Waals surface area contributed by atoms with Gasteiger partial charge in [0.2, 0.25) is 5.91 Å². The third-order valence-corrected chi connectivity index (χ3v) is 5.53. The number of rotatable bonds is 4. The predicted molar refractivity (Wildman–Crippen MR) is 97.5 cm³/mol. The van der Waals surface area contributed by atoms with Crippen LogP contribution in [0, 0.1) is 0 Å². The van der Waals surface area contributed by atoms with Gasteiger partial charge in [-0.25, -0.2) is 4.98 Å². The molecule has 2 aliphatic rings. The first-order valence-corrected chi connectivity index (χ1v) is 9.36. The minimum atomic E-state index is 0.266. The van der Waals surface area contributed by atoms with Gasteiger partial charge in [-0.1, -0.05) is 30.9 Å². The lowest BCUT2D eigenvalue weighted by molar-refractivity contribution is -0.133. The van der Waals surface area contributed by atoms with Gasteiger partial charge in [-0.15, -0.1) is 0 Å². The average Bonchev–Trinajstić information content (AvgIpc) is 2.62. The van der Waals surface area contributed by atoms with E-state index in [1.807, 2.05) is 24.1 Å². The van der Waals surface area contributed by atoms with Gasteiger partial charge in [-0.2, -0.15) is 0 Å². The normalized spacial score (nSPS) is 20.2. The van der Waals surface area contributed by atoms with E-state index in [-0.39, 0.29) is 5.91 Å². The molecule has 0 radical (unpaired) electrons. The van der Waals surface area contributed by atoms with Gasteiger partial charge in [0.1, 0.15) is 5.15 Å². The topological polar surface area (TPSA) is 39.7 Å². The second-order valence-corrected chi connectivity index (χ2v) is 7.28. The highest BCUT2D eigenvalue weighted by Crippen LogP contribution is 2.22. The van der Waals surface area contributed by atoms with Gasteiger partial charge in [-0.3, -0.25) is 9.69 Å². The lowest BCUT2D eigenvalue weighted by atomic mass is 9.94. The Morgan fingerprint density at radius 1 is 1.25 bits per heavy atom. The molecule has 2 fully saturated rings. The van der Waals surface area contributed by atoms with E-state index in [1.165, 1.54) is 32.1 Å². The van der Waals surface area contributed by atoms with E-state index in [0.717, 1.165) is 31.9 Å². The van der Waals surface area contributed by atoms with E-state index in [0.29, 0.717) is 17.7 Å². The molecule has 0 bridgehead atoms. The van der Waals surface area contributed by atoms with Crippen molar-refractivity contribution in [1.82, 2.24) is 14.8 Å². The van der Waals surface area contributed by atoms with Gasteiger partial charge in [-0.05, 0) is 25.0 Å². The summed E-state index contributed by atoms with van der Waals surface area (Å²) in [6, 6.07) is 4.34. The molecule has 2 heterocycles. The van der Waals surface area contributed by atoms with Crippen molar-refractivity contribution in [2.45, 2.75) is 38.1 Å². The fraction of sp³-hybridized carbons (Fsp3) is 0.667. The number of hydrogen-bond acceptors (Lipinski definition) is 4. The van der Waals surface area contributed by atoms with E-state index >= 15 is 0 Å². The molecule has 6 heteroatoms. The summed E-state index contributed by atoms with van der Waals surface area (Å²) in [6.07, 6.45) is 7.91. The fourth-order valence-corrected chi connectivity index (χ4v) is 3.90. The third kappa shape index (κ3) is 4.39. The maximum atomic E-state index is 12.6. The Balaban J connectivity index is 1.47. The van der Waals surface area contributed by atoms with Crippen LogP contribution in [0.15, 0.2) is 18.3 Å². The first-order chi connectivity index (χ1) is 11.6. The highest BCUT2D eigenvalue weighted by atomic mass is 35.5. The largest absolute Gasteiger partial charge is 0.369 e. The van der Waals surface area contributed by atoms with Crippen molar-refractivity contribution >= 4 is 23.2 Å². The molecule has 0 unspecified atom stereocenters. The van der Waals surface area contributed by atoms with Crippen LogP contribution in [0.5, 0.6) is 0 Å². The summed E-state index contributed by atoms with van der Waals surface area (Å²) < 4.78 is 0. The zero-order valence-electron chi connectivity index (χ0n) is 14.5. The quantitative estimate of drug-likeness (QED) is 0.783. The molecule has 132 valence electrons. The number of carbonyl (C=O) groups excluding carboxylic acids is 1. The number of aromatic nitrogens is 1. The van der Waals surface area contributed by atoms with Crippen molar-refractivity contribution in [2.75, 3.05) is 44.7 Å². The third-order valence-electron chi connectivity index (χ3n) is 5.32. The van der Waals surface area contributed by atoms with Crippen molar-refractivity contribution in [3.8, 4) is 0 Å². The molecule has 3 rings (SSSR count). The maximum Gasteiger partial charge on any atom is 0.236 e. The molecule has 0 N–H and O–H groups in total. The highest BCUT2D eigenvalue weighted by molar-refractivity contribution is 6.29. The number of halogens is 1. The fourth-order valence-electron chi connectivity index (χ4n) is 3.73. The van der Waals surface area contributed by atoms with Crippen LogP contribution in [-0.4, -0.2) is 66.5 Å². The monoisotopic (exact) mass is 350 g/mol. The molecule has 1 aromatic rings. The second kappa shape index (κ2) is 8.17. The number of piperazine rings is 1. The molecular formula is C18H27ClN4O. The van der Waals surface area contributed by atoms with Gasteiger partial charge >= 0.3 is 0 Å². The van der Waals surface area contributed by atoms with E-state index in [4.69, 9.17) is 11.6 Å². The smallest absolute Gasteiger partial charge is 0.236 e. The van der Waals surface area contributed by atoms with E-state index in [9.17, 15) is 4.79 Å². The van der Waals surface area contributed by atoms with Crippen LogP contribution >= 0.6 is 11.6 Å². The van der Waals surface area contributed by atoms with Gasteiger partial charge < -0.3 is 9.80 Å². The summed E-state index contributed by atoms with van der Waals surface area (Å²) in [6.45, 7) is 4.19. The van der Waals surface area contributed by atoms with Crippen LogP contribution in [0.2, 0.25) is 5.15 Å². The van der Waals surface area contributed by atoms with Crippen LogP contribution in [-0.2, 0) is 4.79 Å². The van der Waals surface area contributed by atoms with Crippen molar-refractivity contribution < 1.29 is 4.79 Å². The molecule has 1 aliphatic heterocycles. The number of anilines is 1. The first kappa shape index (κ1) is 17.5. The van der Waals surface area contributed by atoms with E-state index < -0.39 is 0 Å². The number of likely N-dealkylation sites (N-methyl/N-ethyl adjacent to an activating group) is 1. The second-order valence-electron chi connectivity index (χ2n) is 6.90. The Hall–Kier alpha value is -1.33. The zero-order valence-corrected chi connectivity index (χ0v) is 15.2. The zero-order chi connectivity index (χ0) is 16.9. The van der Waals surface area contributed by atoms with Gasteiger partial charge in [0.05, 0.1) is 6.54 Å². The molecule has 1 amide bonds. The standard InChI is InChI=1S/C18H27ClN4O/c1-21(15-5-3-2-4-6-15)18(24)14-22-9-11-23(12-10-22)16-7-8-20-17(19)13-16/h7-8,13,15H,2-6,9-12,14H2,1H3. The molecule has 24 heavy (non-hydrogen) atoms. The molecule has 1 saturated carbocycles. The number of carbonyl (C=O) groups is 1. The molecule has 0 atom stereocenters. The lowest BCUT2D eigenvalue weighted by Gasteiger charge is -2.37. The van der Waals surface area contributed by atoms with Crippen molar-refractivity contribution in [3.05, 3.63) is 23.5 Å². The molecule has 1 aromatic heterocycles. The minimum Gasteiger partial charge on any atom is -0.369 e. The predicted octanol–water partition coefficient (Wildman–Crippen LogP) is 2.65. The van der Waals surface area contributed by atoms with Gasteiger partial charge in [0.15, 0.2) is 0 Å². The Morgan fingerprint density at radius 3 is 2.62 bits per heavy atom. The van der Waals surface area contributed by atoms with Crippen molar-refractivity contribution in [1.29, 1.82) is 0 Å². The molecule has 1 saturated heterocycles. The van der Waals surface area contributed by atoms with Crippen molar-refractivity contribution in [2.24, 2.45) is 0 Å². The number of nitrogens with zero attached hydrogens (tertiary/aromatic N) is 4. The van der Waals surface area contributed by atoms with Crippen LogP contribution in [0.4, 0.5) is 5.69 Å². The van der Waals surface area contributed by atoms with Gasteiger partial charge in [0.25, 0.3) is 0 Å². The van der Waals surface area contributed by atoms with Crippen molar-refractivity contribution in [3.63, 3.8) is 0 Å². The SMILES string of the molecule is CN(C(=O)CN1CCN(c2ccnc(Cl)c2)CC1)C1CCCCC1. The Bertz CT molecular complexity index is 554. The number of hydrogen-bond donors (Lipinski definition) is 0. The summed E-state index contributed by atoms with van der Waals surface area (Å²) in [7, 11) is 1.98. The van der Waals surface area contributed by atoms with Gasteiger partial charge in [0, 0.05) is 51.2 Å². The first-order valence-electron chi connectivity index (χ1n) is 8.98. The Kier molecular flexibility index (Phi) is 5.95. The van der Waals surface area contributed by atoms with E-state index in [1.54, 1.807) is 6.20 Å². The molecular weight excluding hydrogens is 324 g/mol. The average molecular weight is 351 g/mol. The van der Waals surface area contributed by atoms with Crippen LogP contribution in [0.3, 0.4) is 0 Å². The molecule has 5 nitrogen and oxygen atoms in total. The summed E-state index contributed by atoms with van der Waals surface area (Å²) in [5.74, 6) is 0.266. The molecule has 0 aromatic carbocycles. The number of pyridine rings is 1. The van der Waals surface area contributed by atoms with Crippen LogP contribution in [0.25, 0.3) is 0 Å². The Labute approximate surface area is 149 Å². The summed E-state index contributed by atoms with van der Waals surface area (Å²) in [5, 5.41) is 0.527. The van der Waals surface area contributed by atoms with Crippen LogP contribution in [0.1, 0.15) is 32.1 Å². The summed E-state index contributed by atoms with van der Waals surface area (Å²) in [5.41, 5.74) is 1.11. The highest BCUT2D eigenvalue weighted by Gasteiger charge is 2.25.